The standard InChI is InChI=1S/C20H26O5S/c1-2-3-4-5-6-8-11-16-14-15-18(26(22,23)24)20(19(16)21)25-17-12-9-7-10-13-17/h7,9-10,12-15,21H,2-6,8,11H2,1H3,(H,22,23,24). The average molecular weight is 378 g/mol. The molecule has 0 radical (unpaired) electrons. The van der Waals surface area contributed by atoms with Crippen LogP contribution in [0.4, 0.5) is 0 Å². The number of benzene rings is 2. The maximum absolute atomic E-state index is 11.6. The van der Waals surface area contributed by atoms with Crippen LogP contribution >= 0.6 is 0 Å². The Kier molecular flexibility index (Phi) is 7.48. The summed E-state index contributed by atoms with van der Waals surface area (Å²) in [5.41, 5.74) is 0.610. The van der Waals surface area contributed by atoms with Gasteiger partial charge in [0.2, 0.25) is 0 Å². The molecule has 0 heterocycles. The van der Waals surface area contributed by atoms with E-state index in [1.165, 1.54) is 31.4 Å². The van der Waals surface area contributed by atoms with Gasteiger partial charge in [-0.15, -0.1) is 0 Å². The molecule has 0 fully saturated rings. The fourth-order valence-corrected chi connectivity index (χ4v) is 3.41. The van der Waals surface area contributed by atoms with Crippen molar-refractivity contribution in [2.24, 2.45) is 0 Å². The molecule has 26 heavy (non-hydrogen) atoms. The second kappa shape index (κ2) is 9.59. The lowest BCUT2D eigenvalue weighted by Gasteiger charge is -2.14. The molecular weight excluding hydrogens is 352 g/mol. The molecular formula is C20H26O5S. The SMILES string of the molecule is CCCCCCCCc1ccc(S(=O)(=O)O)c(Oc2ccccc2)c1O. The Morgan fingerprint density at radius 3 is 2.23 bits per heavy atom. The minimum Gasteiger partial charge on any atom is -0.504 e. The number of hydrogen-bond acceptors (Lipinski definition) is 4. The Bertz CT molecular complexity index is 800. The molecule has 0 spiro atoms. The van der Waals surface area contributed by atoms with E-state index in [1.807, 2.05) is 0 Å². The molecule has 0 aliphatic heterocycles. The predicted molar refractivity (Wildman–Crippen MR) is 102 cm³/mol. The number of hydrogen-bond donors (Lipinski definition) is 2. The van der Waals surface area contributed by atoms with Crippen LogP contribution in [0.5, 0.6) is 17.2 Å². The summed E-state index contributed by atoms with van der Waals surface area (Å²) in [6, 6.07) is 11.4. The molecule has 6 heteroatoms. The largest absolute Gasteiger partial charge is 0.504 e. The van der Waals surface area contributed by atoms with Crippen molar-refractivity contribution >= 4 is 10.1 Å². The Morgan fingerprint density at radius 2 is 1.58 bits per heavy atom. The van der Waals surface area contributed by atoms with Gasteiger partial charge in [0.05, 0.1) is 0 Å². The Balaban J connectivity index is 2.19. The number of rotatable bonds is 10. The van der Waals surface area contributed by atoms with Crippen LogP contribution in [0.1, 0.15) is 51.0 Å². The molecule has 2 rings (SSSR count). The molecule has 0 saturated heterocycles. The Morgan fingerprint density at radius 1 is 0.923 bits per heavy atom. The monoisotopic (exact) mass is 378 g/mol. The van der Waals surface area contributed by atoms with Crippen molar-refractivity contribution in [1.29, 1.82) is 0 Å². The van der Waals surface area contributed by atoms with Gasteiger partial charge in [0, 0.05) is 0 Å². The summed E-state index contributed by atoms with van der Waals surface area (Å²) >= 11 is 0. The summed E-state index contributed by atoms with van der Waals surface area (Å²) in [7, 11) is -4.51. The van der Waals surface area contributed by atoms with E-state index in [-0.39, 0.29) is 11.5 Å². The normalized spacial score (nSPS) is 11.5. The summed E-state index contributed by atoms with van der Waals surface area (Å²) in [4.78, 5) is -0.439. The lowest BCUT2D eigenvalue weighted by atomic mass is 10.0. The highest BCUT2D eigenvalue weighted by atomic mass is 32.2. The molecule has 0 bridgehead atoms. The summed E-state index contributed by atoms with van der Waals surface area (Å²) in [6.45, 7) is 2.17. The molecule has 0 atom stereocenters. The molecule has 0 aliphatic rings. The zero-order chi connectivity index (χ0) is 19.0. The van der Waals surface area contributed by atoms with Gasteiger partial charge in [-0.3, -0.25) is 4.55 Å². The number of phenolic OH excluding ortho intramolecular Hbond substituents is 1. The van der Waals surface area contributed by atoms with Crippen LogP contribution in [0.15, 0.2) is 47.4 Å². The molecule has 2 aromatic carbocycles. The third kappa shape index (κ3) is 5.75. The maximum Gasteiger partial charge on any atom is 0.298 e. The molecule has 0 aromatic heterocycles. The van der Waals surface area contributed by atoms with Gasteiger partial charge in [-0.2, -0.15) is 8.42 Å². The van der Waals surface area contributed by atoms with E-state index >= 15 is 0 Å². The van der Waals surface area contributed by atoms with Crippen LogP contribution in [-0.4, -0.2) is 18.1 Å². The van der Waals surface area contributed by atoms with Crippen LogP contribution in [0.3, 0.4) is 0 Å². The lowest BCUT2D eigenvalue weighted by molar-refractivity contribution is 0.392. The highest BCUT2D eigenvalue weighted by Gasteiger charge is 2.23. The highest BCUT2D eigenvalue weighted by Crippen LogP contribution is 2.40. The Hall–Kier alpha value is -2.05. The summed E-state index contributed by atoms with van der Waals surface area (Å²) in [6.07, 6.45) is 7.33. The quantitative estimate of drug-likeness (QED) is 0.431. The van der Waals surface area contributed by atoms with Crippen LogP contribution in [0, 0.1) is 0 Å². The summed E-state index contributed by atoms with van der Waals surface area (Å²) in [5, 5.41) is 10.5. The first-order valence-electron chi connectivity index (χ1n) is 8.98. The van der Waals surface area contributed by atoms with Crippen LogP contribution in [0.25, 0.3) is 0 Å². The van der Waals surface area contributed by atoms with Gasteiger partial charge in [0.25, 0.3) is 10.1 Å². The first-order valence-corrected chi connectivity index (χ1v) is 10.4. The highest BCUT2D eigenvalue weighted by molar-refractivity contribution is 7.86. The number of phenols is 1. The van der Waals surface area contributed by atoms with Crippen molar-refractivity contribution in [3.05, 3.63) is 48.0 Å². The van der Waals surface area contributed by atoms with Crippen LogP contribution < -0.4 is 4.74 Å². The third-order valence-electron chi connectivity index (χ3n) is 4.22. The van der Waals surface area contributed by atoms with Gasteiger partial charge in [0.15, 0.2) is 11.5 Å². The van der Waals surface area contributed by atoms with Gasteiger partial charge in [0.1, 0.15) is 10.6 Å². The van der Waals surface area contributed by atoms with E-state index < -0.39 is 15.0 Å². The molecule has 0 aliphatic carbocycles. The molecule has 0 unspecified atom stereocenters. The first-order chi connectivity index (χ1) is 12.4. The summed E-state index contributed by atoms with van der Waals surface area (Å²) < 4.78 is 38.3. The first kappa shape index (κ1) is 20.3. The van der Waals surface area contributed by atoms with Gasteiger partial charge in [-0.25, -0.2) is 0 Å². The number of ether oxygens (including phenoxy) is 1. The topological polar surface area (TPSA) is 83.8 Å². The van der Waals surface area contributed by atoms with Gasteiger partial charge < -0.3 is 9.84 Å². The van der Waals surface area contributed by atoms with E-state index in [4.69, 9.17) is 4.74 Å². The fourth-order valence-electron chi connectivity index (χ4n) is 2.80. The van der Waals surface area contributed by atoms with Crippen LogP contribution in [0.2, 0.25) is 0 Å². The lowest BCUT2D eigenvalue weighted by Crippen LogP contribution is -2.03. The second-order valence-corrected chi connectivity index (χ2v) is 7.70. The minimum absolute atomic E-state index is 0.234. The van der Waals surface area contributed by atoms with Crippen molar-refractivity contribution in [3.8, 4) is 17.2 Å². The smallest absolute Gasteiger partial charge is 0.298 e. The van der Waals surface area contributed by atoms with Crippen molar-refractivity contribution < 1.29 is 22.8 Å². The molecule has 5 nitrogen and oxygen atoms in total. The molecule has 0 saturated carbocycles. The van der Waals surface area contributed by atoms with Gasteiger partial charge in [-0.05, 0) is 36.6 Å². The zero-order valence-corrected chi connectivity index (χ0v) is 15.8. The van der Waals surface area contributed by atoms with Crippen molar-refractivity contribution in [2.75, 3.05) is 0 Å². The van der Waals surface area contributed by atoms with Gasteiger partial charge in [-0.1, -0.05) is 63.3 Å². The van der Waals surface area contributed by atoms with E-state index in [1.54, 1.807) is 30.3 Å². The van der Waals surface area contributed by atoms with E-state index in [2.05, 4.69) is 6.92 Å². The van der Waals surface area contributed by atoms with E-state index in [9.17, 15) is 18.1 Å². The van der Waals surface area contributed by atoms with E-state index in [0.717, 1.165) is 19.3 Å². The molecule has 2 aromatic rings. The molecule has 142 valence electrons. The minimum atomic E-state index is -4.51. The number of aromatic hydroxyl groups is 1. The third-order valence-corrected chi connectivity index (χ3v) is 5.10. The van der Waals surface area contributed by atoms with E-state index in [0.29, 0.717) is 17.7 Å². The molecule has 0 amide bonds. The zero-order valence-electron chi connectivity index (χ0n) is 15.0. The number of para-hydroxylation sites is 1. The number of aryl methyl sites for hydroxylation is 1. The maximum atomic E-state index is 11.6. The van der Waals surface area contributed by atoms with Crippen molar-refractivity contribution in [2.45, 2.75) is 56.8 Å². The van der Waals surface area contributed by atoms with Crippen molar-refractivity contribution in [1.82, 2.24) is 0 Å². The fraction of sp³-hybridized carbons (Fsp3) is 0.400. The second-order valence-electron chi connectivity index (χ2n) is 6.31. The molecule has 2 N–H and O–H groups in total. The van der Waals surface area contributed by atoms with Gasteiger partial charge >= 0.3 is 0 Å². The van der Waals surface area contributed by atoms with Crippen LogP contribution in [-0.2, 0) is 16.5 Å². The van der Waals surface area contributed by atoms with Crippen molar-refractivity contribution in [3.63, 3.8) is 0 Å². The predicted octanol–water partition coefficient (Wildman–Crippen LogP) is 5.33. The average Bonchev–Trinajstić information content (AvgIpc) is 2.60. The number of unbranched alkanes of at least 4 members (excludes halogenated alkanes) is 5. The summed E-state index contributed by atoms with van der Waals surface area (Å²) in [5.74, 6) is -0.0934. The Labute approximate surface area is 155 Å².